The topological polar surface area (TPSA) is 269 Å². The Morgan fingerprint density at radius 1 is 0.444 bits per heavy atom. The van der Waals surface area contributed by atoms with Crippen molar-refractivity contribution in [1.29, 1.82) is 0 Å². The molecule has 0 aliphatic rings. The van der Waals surface area contributed by atoms with Crippen LogP contribution < -0.4 is 39.1 Å². The number of rotatable bonds is 16. The molecule has 0 atom stereocenters. The number of esters is 1. The van der Waals surface area contributed by atoms with E-state index in [0.717, 1.165) is 83.5 Å². The molecule has 8 rings (SSSR count). The van der Waals surface area contributed by atoms with Gasteiger partial charge in [0, 0.05) is 38.2 Å². The highest BCUT2D eigenvalue weighted by Crippen LogP contribution is 2.34. The molecular weight excluding hydrogens is 971 g/mol. The molecule has 0 aliphatic heterocycles. The Bertz CT molecular complexity index is 3070. The Balaban J connectivity index is 0.000000177. The lowest BCUT2D eigenvalue weighted by molar-refractivity contribution is -0.140. The molecule has 0 aliphatic carbocycles. The highest BCUT2D eigenvalue weighted by Gasteiger charge is 2.17. The molecule has 0 fully saturated rings. The second-order valence-corrected chi connectivity index (χ2v) is 17.7. The number of aryl methyl sites for hydroxylation is 5. The predicted molar refractivity (Wildman–Crippen MR) is 292 cm³/mol. The van der Waals surface area contributed by atoms with E-state index in [1.807, 2.05) is 91.0 Å². The molecule has 0 saturated heterocycles. The van der Waals surface area contributed by atoms with Gasteiger partial charge >= 0.3 is 5.97 Å². The summed E-state index contributed by atoms with van der Waals surface area (Å²) in [6, 6.07) is 40.8. The van der Waals surface area contributed by atoms with Crippen molar-refractivity contribution in [2.75, 3.05) is 48.6 Å². The van der Waals surface area contributed by atoms with Gasteiger partial charge in [-0.15, -0.1) is 0 Å². The van der Waals surface area contributed by atoms with Crippen molar-refractivity contribution < 1.29 is 14.3 Å². The van der Waals surface area contributed by atoms with Crippen LogP contribution >= 0.6 is 34.8 Å². The van der Waals surface area contributed by atoms with Crippen LogP contribution in [0.1, 0.15) is 53.9 Å². The molecule has 18 heteroatoms. The van der Waals surface area contributed by atoms with E-state index in [0.29, 0.717) is 63.0 Å². The van der Waals surface area contributed by atoms with Crippen molar-refractivity contribution >= 4 is 76.1 Å². The number of anilines is 6. The highest BCUT2D eigenvalue weighted by molar-refractivity contribution is 6.31. The number of hydrogen-bond acceptors (Lipinski definition) is 15. The van der Waals surface area contributed by atoms with Crippen LogP contribution in [0.3, 0.4) is 0 Å². The number of benzene rings is 5. The lowest BCUT2D eigenvalue weighted by Crippen LogP contribution is -2.08. The fourth-order valence-corrected chi connectivity index (χ4v) is 8.49. The number of nitrogens with two attached hydrogens (primary N) is 6. The molecule has 8 aromatic rings. The summed E-state index contributed by atoms with van der Waals surface area (Å²) in [6.07, 6.45) is 6.68. The number of aromatic nitrogens is 6. The molecule has 0 saturated carbocycles. The average Bonchev–Trinajstić information content (AvgIpc) is 3.34. The second kappa shape index (κ2) is 26.5. The van der Waals surface area contributed by atoms with Gasteiger partial charge in [-0.25, -0.2) is 15.0 Å². The first-order valence-corrected chi connectivity index (χ1v) is 24.1. The van der Waals surface area contributed by atoms with Crippen molar-refractivity contribution in [3.63, 3.8) is 0 Å². The van der Waals surface area contributed by atoms with Crippen LogP contribution in [0.4, 0.5) is 35.3 Å². The zero-order chi connectivity index (χ0) is 51.6. The maximum absolute atomic E-state index is 11.2. The molecule has 72 heavy (non-hydrogen) atoms. The molecule has 0 spiro atoms. The van der Waals surface area contributed by atoms with Gasteiger partial charge in [-0.3, -0.25) is 4.79 Å². The van der Waals surface area contributed by atoms with Gasteiger partial charge in [0.2, 0.25) is 17.8 Å². The van der Waals surface area contributed by atoms with Crippen LogP contribution in [0.5, 0.6) is 5.75 Å². The van der Waals surface area contributed by atoms with E-state index < -0.39 is 0 Å². The maximum atomic E-state index is 11.2. The van der Waals surface area contributed by atoms with Gasteiger partial charge in [0.1, 0.15) is 23.2 Å². The van der Waals surface area contributed by atoms with Gasteiger partial charge in [-0.2, -0.15) is 15.0 Å². The standard InChI is InChI=1S/C20H21ClN4O.C19H19ClN4.C15H17ClN4O2/c1-26-16-10-8-13(9-11-16)4-2-7-17-18(19(22)25-20(23)24-17)14-5-3-6-15(21)12-14;20-15-10-5-9-14(12-15)17-16(23-19(22)24-18(17)21)11-4-8-13-6-2-1-3-7-13;1-22-12(21)7-3-6-11-13(14(17)20-15(18)19-11)9-4-2-5-10(16)8-9/h3,5-6,8-12H,2,4,7H2,1H3,(H4,22,23,24,25);1-3,5-7,9-10,12H,4,8,11H2,(H4,21,22,23,24);2,4-5,8H,3,6-7H2,1H3,(H4,17,18,19,20). The van der Waals surface area contributed by atoms with Gasteiger partial charge in [-0.05, 0) is 128 Å². The number of nitrogens with zero attached hydrogens (tertiary/aromatic N) is 6. The summed E-state index contributed by atoms with van der Waals surface area (Å²) in [4.78, 5) is 36.5. The SMILES string of the molecule is COC(=O)CCCc1nc(N)nc(N)c1-c1cccc(Cl)c1.COc1ccc(CCCc2nc(N)nc(N)c2-c2cccc(Cl)c2)cc1.Nc1nc(N)c(-c2cccc(Cl)c2)c(CCCc2ccccc2)n1. The fraction of sp³-hybridized carbons (Fsp3) is 0.204. The molecule has 3 aromatic heterocycles. The molecule has 3 heterocycles. The Morgan fingerprint density at radius 3 is 1.18 bits per heavy atom. The van der Waals surface area contributed by atoms with E-state index in [1.54, 1.807) is 19.2 Å². The largest absolute Gasteiger partial charge is 0.497 e. The summed E-state index contributed by atoms with van der Waals surface area (Å²) in [5.74, 6) is 2.14. The Kier molecular flexibility index (Phi) is 19.7. The van der Waals surface area contributed by atoms with E-state index in [1.165, 1.54) is 18.2 Å². The number of ether oxygens (including phenoxy) is 2. The van der Waals surface area contributed by atoms with Crippen molar-refractivity contribution in [2.45, 2.75) is 57.8 Å². The minimum Gasteiger partial charge on any atom is -0.497 e. The second-order valence-electron chi connectivity index (χ2n) is 16.4. The van der Waals surface area contributed by atoms with Gasteiger partial charge in [0.25, 0.3) is 0 Å². The maximum Gasteiger partial charge on any atom is 0.305 e. The minimum absolute atomic E-state index is 0.108. The Morgan fingerprint density at radius 2 is 0.819 bits per heavy atom. The molecule has 12 N–H and O–H groups in total. The Labute approximate surface area is 434 Å². The number of carbonyl (C=O) groups excluding carboxylic acids is 1. The van der Waals surface area contributed by atoms with Crippen LogP contribution in [0, 0.1) is 0 Å². The summed E-state index contributed by atoms with van der Waals surface area (Å²) < 4.78 is 9.82. The first-order valence-electron chi connectivity index (χ1n) is 23.0. The van der Waals surface area contributed by atoms with Crippen LogP contribution in [0.15, 0.2) is 127 Å². The first kappa shape index (κ1) is 53.6. The summed E-state index contributed by atoms with van der Waals surface area (Å²) in [7, 11) is 3.02. The van der Waals surface area contributed by atoms with Crippen LogP contribution in [-0.4, -0.2) is 50.1 Å². The lowest BCUT2D eigenvalue weighted by atomic mass is 9.99. The summed E-state index contributed by atoms with van der Waals surface area (Å²) >= 11 is 18.3. The van der Waals surface area contributed by atoms with Crippen molar-refractivity contribution in [1.82, 2.24) is 29.9 Å². The summed E-state index contributed by atoms with van der Waals surface area (Å²) in [6.45, 7) is 0. The molecule has 15 nitrogen and oxygen atoms in total. The third-order valence-electron chi connectivity index (χ3n) is 11.2. The number of hydrogen-bond donors (Lipinski definition) is 6. The Hall–Kier alpha value is -7.72. The van der Waals surface area contributed by atoms with Gasteiger partial charge < -0.3 is 43.9 Å². The predicted octanol–water partition coefficient (Wildman–Crippen LogP) is 10.7. The average molecular weight is 1030 g/mol. The molecule has 0 unspecified atom stereocenters. The molecule has 372 valence electrons. The summed E-state index contributed by atoms with van der Waals surface area (Å²) in [5.41, 5.74) is 45.4. The zero-order valence-electron chi connectivity index (χ0n) is 40.0. The van der Waals surface area contributed by atoms with E-state index in [2.05, 4.69) is 58.9 Å². The smallest absolute Gasteiger partial charge is 0.305 e. The van der Waals surface area contributed by atoms with E-state index in [4.69, 9.17) is 73.9 Å². The molecule has 0 radical (unpaired) electrons. The van der Waals surface area contributed by atoms with Crippen molar-refractivity contribution in [3.8, 4) is 39.1 Å². The molecule has 0 amide bonds. The van der Waals surface area contributed by atoms with Crippen LogP contribution in [-0.2, 0) is 41.6 Å². The van der Waals surface area contributed by atoms with Gasteiger partial charge in [0.05, 0.1) is 31.3 Å². The first-order chi connectivity index (χ1) is 34.7. The van der Waals surface area contributed by atoms with Gasteiger partial charge in [-0.1, -0.05) is 114 Å². The van der Waals surface area contributed by atoms with Crippen LogP contribution in [0.2, 0.25) is 15.1 Å². The lowest BCUT2D eigenvalue weighted by Gasteiger charge is -2.12. The summed E-state index contributed by atoms with van der Waals surface area (Å²) in [5, 5.41) is 1.89. The monoisotopic (exact) mass is 1030 g/mol. The fourth-order valence-electron chi connectivity index (χ4n) is 7.92. The minimum atomic E-state index is -0.265. The third kappa shape index (κ3) is 15.6. The van der Waals surface area contributed by atoms with Crippen molar-refractivity contribution in [2.24, 2.45) is 0 Å². The quantitative estimate of drug-likeness (QED) is 0.0491. The van der Waals surface area contributed by atoms with Crippen molar-refractivity contribution in [3.05, 3.63) is 171 Å². The normalized spacial score (nSPS) is 10.6. The third-order valence-corrected chi connectivity index (χ3v) is 11.9. The number of carbonyl (C=O) groups is 1. The zero-order valence-corrected chi connectivity index (χ0v) is 42.3. The molecular formula is C54H57Cl3N12O3. The number of halogens is 3. The van der Waals surface area contributed by atoms with E-state index in [-0.39, 0.29) is 23.8 Å². The van der Waals surface area contributed by atoms with E-state index in [9.17, 15) is 4.79 Å². The number of methoxy groups -OCH3 is 2. The molecule has 0 bridgehead atoms. The van der Waals surface area contributed by atoms with E-state index >= 15 is 0 Å². The molecule has 5 aromatic carbocycles. The highest BCUT2D eigenvalue weighted by atomic mass is 35.5. The van der Waals surface area contributed by atoms with Gasteiger partial charge in [0.15, 0.2) is 0 Å². The number of nitrogen functional groups attached to an aromatic ring is 6. The van der Waals surface area contributed by atoms with Crippen LogP contribution in [0.25, 0.3) is 33.4 Å².